The average Bonchev–Trinajstić information content (AvgIpc) is 3.22. The van der Waals surface area contributed by atoms with Crippen LogP contribution in [0.5, 0.6) is 0 Å². The maximum Gasteiger partial charge on any atom is 0.339 e. The highest BCUT2D eigenvalue weighted by Gasteiger charge is 2.17. The molecule has 0 N–H and O–H groups in total. The molecule has 0 bridgehead atoms. The first-order valence-electron chi connectivity index (χ1n) is 9.84. The molecule has 0 saturated heterocycles. The van der Waals surface area contributed by atoms with Crippen molar-refractivity contribution in [3.05, 3.63) is 98.2 Å². The molecule has 3 heterocycles. The number of halogens is 1. The van der Waals surface area contributed by atoms with E-state index in [9.17, 15) is 9.59 Å². The van der Waals surface area contributed by atoms with Gasteiger partial charge in [0.1, 0.15) is 12.2 Å². The second-order valence-electron chi connectivity index (χ2n) is 7.34. The van der Waals surface area contributed by atoms with Crippen molar-refractivity contribution in [3.63, 3.8) is 0 Å². The molecular weight excluding hydrogens is 446 g/mol. The fourth-order valence-corrected chi connectivity index (χ4v) is 4.60. The number of nitrogens with zero attached hydrogens (tertiary/aromatic N) is 1. The average molecular weight is 462 g/mol. The maximum absolute atomic E-state index is 13.1. The normalized spacial score (nSPS) is 11.2. The largest absolute Gasteiger partial charge is 0.457 e. The molecule has 5 aromatic rings. The van der Waals surface area contributed by atoms with E-state index >= 15 is 0 Å². The van der Waals surface area contributed by atoms with Gasteiger partial charge in [0, 0.05) is 22.4 Å². The molecule has 0 aliphatic carbocycles. The second-order valence-corrected chi connectivity index (χ2v) is 9.06. The lowest BCUT2D eigenvalue weighted by Gasteiger charge is -2.10. The Morgan fingerprint density at radius 2 is 1.91 bits per heavy atom. The molecule has 0 spiro atoms. The summed E-state index contributed by atoms with van der Waals surface area (Å²) in [5.41, 5.74) is 3.28. The number of carbonyl (C=O) groups excluding carboxylic acids is 1. The van der Waals surface area contributed by atoms with E-state index in [1.54, 1.807) is 18.2 Å². The Labute approximate surface area is 191 Å². The van der Waals surface area contributed by atoms with Gasteiger partial charge in [-0.15, -0.1) is 11.3 Å². The number of para-hydroxylation sites is 1. The molecular formula is C25H16ClNO4S. The summed E-state index contributed by atoms with van der Waals surface area (Å²) in [7, 11) is 0. The molecule has 0 aliphatic heterocycles. The van der Waals surface area contributed by atoms with Crippen LogP contribution in [0.1, 0.15) is 21.5 Å². The van der Waals surface area contributed by atoms with Gasteiger partial charge in [-0.05, 0) is 42.8 Å². The van der Waals surface area contributed by atoms with Crippen molar-refractivity contribution >= 4 is 50.8 Å². The van der Waals surface area contributed by atoms with Crippen molar-refractivity contribution in [2.45, 2.75) is 13.5 Å². The standard InChI is InChI=1S/C25H16ClNO4S/c1-14-6-7-16-15(11-24(28)31-21(16)10-14)13-30-25(29)18-12-20(22-8-9-23(26)32-22)27-19-5-3-2-4-17(18)19/h2-12H,13H2,1H3. The number of thiophene rings is 1. The van der Waals surface area contributed by atoms with E-state index in [1.165, 1.54) is 17.4 Å². The van der Waals surface area contributed by atoms with Crippen molar-refractivity contribution in [2.75, 3.05) is 0 Å². The summed E-state index contributed by atoms with van der Waals surface area (Å²) in [5.74, 6) is -0.499. The molecule has 0 fully saturated rings. The molecule has 0 unspecified atom stereocenters. The van der Waals surface area contributed by atoms with Crippen molar-refractivity contribution in [1.29, 1.82) is 0 Å². The number of hydrogen-bond donors (Lipinski definition) is 0. The van der Waals surface area contributed by atoms with Crippen LogP contribution in [0, 0.1) is 6.92 Å². The predicted octanol–water partition coefficient (Wildman–Crippen LogP) is 6.39. The van der Waals surface area contributed by atoms with Gasteiger partial charge in [0.15, 0.2) is 0 Å². The van der Waals surface area contributed by atoms with Crippen molar-refractivity contribution in [2.24, 2.45) is 0 Å². The van der Waals surface area contributed by atoms with Crippen LogP contribution in [0.15, 0.2) is 75.9 Å². The van der Waals surface area contributed by atoms with Gasteiger partial charge in [-0.1, -0.05) is 41.9 Å². The van der Waals surface area contributed by atoms with Gasteiger partial charge in [0.2, 0.25) is 0 Å². The second kappa shape index (κ2) is 8.22. The summed E-state index contributed by atoms with van der Waals surface area (Å²) < 4.78 is 11.6. The summed E-state index contributed by atoms with van der Waals surface area (Å²) in [5, 5.41) is 1.42. The molecule has 7 heteroatoms. The van der Waals surface area contributed by atoms with Gasteiger partial charge in [0.25, 0.3) is 0 Å². The highest BCUT2D eigenvalue weighted by Crippen LogP contribution is 2.32. The van der Waals surface area contributed by atoms with Crippen LogP contribution < -0.4 is 5.63 Å². The minimum atomic E-state index is -0.499. The number of aryl methyl sites for hydroxylation is 1. The van der Waals surface area contributed by atoms with Crippen LogP contribution >= 0.6 is 22.9 Å². The van der Waals surface area contributed by atoms with E-state index in [-0.39, 0.29) is 6.61 Å². The lowest BCUT2D eigenvalue weighted by atomic mass is 10.1. The SMILES string of the molecule is Cc1ccc2c(COC(=O)c3cc(-c4ccc(Cl)s4)nc4ccccc34)cc(=O)oc2c1. The minimum absolute atomic E-state index is 0.0548. The Balaban J connectivity index is 1.52. The number of ether oxygens (including phenoxy) is 1. The summed E-state index contributed by atoms with van der Waals surface area (Å²) in [6.45, 7) is 1.86. The zero-order chi connectivity index (χ0) is 22.2. The highest BCUT2D eigenvalue weighted by molar-refractivity contribution is 7.19. The van der Waals surface area contributed by atoms with Gasteiger partial charge >= 0.3 is 11.6 Å². The molecule has 5 rings (SSSR count). The van der Waals surface area contributed by atoms with Crippen LogP contribution in [-0.4, -0.2) is 11.0 Å². The van der Waals surface area contributed by atoms with Gasteiger partial charge in [-0.3, -0.25) is 0 Å². The molecule has 0 amide bonds. The van der Waals surface area contributed by atoms with Crippen molar-refractivity contribution in [3.8, 4) is 10.6 Å². The maximum atomic E-state index is 13.1. The van der Waals surface area contributed by atoms with E-state index in [0.29, 0.717) is 37.6 Å². The molecule has 0 radical (unpaired) electrons. The number of hydrogen-bond acceptors (Lipinski definition) is 6. The van der Waals surface area contributed by atoms with E-state index < -0.39 is 11.6 Å². The highest BCUT2D eigenvalue weighted by atomic mass is 35.5. The first-order chi connectivity index (χ1) is 15.5. The third-order valence-corrected chi connectivity index (χ3v) is 6.36. The first kappa shape index (κ1) is 20.4. The van der Waals surface area contributed by atoms with E-state index in [4.69, 9.17) is 20.8 Å². The molecule has 32 heavy (non-hydrogen) atoms. The quantitative estimate of drug-likeness (QED) is 0.229. The van der Waals surface area contributed by atoms with Crippen LogP contribution in [0.3, 0.4) is 0 Å². The van der Waals surface area contributed by atoms with E-state index in [0.717, 1.165) is 15.8 Å². The van der Waals surface area contributed by atoms with Crippen molar-refractivity contribution < 1.29 is 13.9 Å². The topological polar surface area (TPSA) is 69.4 Å². The van der Waals surface area contributed by atoms with Gasteiger partial charge in [-0.25, -0.2) is 14.6 Å². The van der Waals surface area contributed by atoms with Crippen LogP contribution in [0.2, 0.25) is 4.34 Å². The summed E-state index contributed by atoms with van der Waals surface area (Å²) in [6, 6.07) is 19.7. The number of rotatable bonds is 4. The van der Waals surface area contributed by atoms with Gasteiger partial charge < -0.3 is 9.15 Å². The number of esters is 1. The third-order valence-electron chi connectivity index (χ3n) is 5.11. The van der Waals surface area contributed by atoms with Crippen LogP contribution in [0.4, 0.5) is 0 Å². The lowest BCUT2D eigenvalue weighted by molar-refractivity contribution is 0.0476. The summed E-state index contributed by atoms with van der Waals surface area (Å²) in [6.07, 6.45) is 0. The van der Waals surface area contributed by atoms with E-state index in [2.05, 4.69) is 4.98 Å². The Bertz CT molecular complexity index is 1550. The summed E-state index contributed by atoms with van der Waals surface area (Å²) in [4.78, 5) is 30.6. The lowest BCUT2D eigenvalue weighted by Crippen LogP contribution is -2.09. The van der Waals surface area contributed by atoms with E-state index in [1.807, 2.05) is 49.4 Å². The number of aromatic nitrogens is 1. The summed E-state index contributed by atoms with van der Waals surface area (Å²) >= 11 is 7.47. The fourth-order valence-electron chi connectivity index (χ4n) is 3.60. The minimum Gasteiger partial charge on any atom is -0.457 e. The number of benzene rings is 2. The number of fused-ring (bicyclic) bond motifs is 2. The zero-order valence-corrected chi connectivity index (χ0v) is 18.5. The molecule has 2 aromatic carbocycles. The fraction of sp³-hybridized carbons (Fsp3) is 0.0800. The van der Waals surface area contributed by atoms with Gasteiger partial charge in [0.05, 0.1) is 26.0 Å². The molecule has 5 nitrogen and oxygen atoms in total. The van der Waals surface area contributed by atoms with Gasteiger partial charge in [-0.2, -0.15) is 0 Å². The number of carbonyl (C=O) groups is 1. The molecule has 0 aliphatic rings. The number of pyridine rings is 1. The molecule has 158 valence electrons. The third kappa shape index (κ3) is 3.90. The Kier molecular flexibility index (Phi) is 5.25. The molecule has 3 aromatic heterocycles. The predicted molar refractivity (Wildman–Crippen MR) is 126 cm³/mol. The monoisotopic (exact) mass is 461 g/mol. The van der Waals surface area contributed by atoms with Crippen LogP contribution in [0.25, 0.3) is 32.4 Å². The Hall–Kier alpha value is -3.48. The Morgan fingerprint density at radius 3 is 2.72 bits per heavy atom. The Morgan fingerprint density at radius 1 is 1.06 bits per heavy atom. The zero-order valence-electron chi connectivity index (χ0n) is 16.9. The first-order valence-corrected chi connectivity index (χ1v) is 11.0. The smallest absolute Gasteiger partial charge is 0.339 e. The molecule has 0 atom stereocenters. The molecule has 0 saturated carbocycles. The van der Waals surface area contributed by atoms with Crippen molar-refractivity contribution in [1.82, 2.24) is 4.98 Å². The van der Waals surface area contributed by atoms with Crippen LogP contribution in [-0.2, 0) is 11.3 Å².